The molecule has 2 aromatic rings. The molecule has 1 aromatic heterocycles. The Hall–Kier alpha value is -2.43. The van der Waals surface area contributed by atoms with Gasteiger partial charge in [0.2, 0.25) is 11.8 Å². The number of nitrogens with zero attached hydrogens (tertiary/aromatic N) is 2. The summed E-state index contributed by atoms with van der Waals surface area (Å²) in [5.41, 5.74) is 3.18. The van der Waals surface area contributed by atoms with Crippen LogP contribution in [0, 0.1) is 17.8 Å². The summed E-state index contributed by atoms with van der Waals surface area (Å²) in [6.07, 6.45) is 8.33. The summed E-state index contributed by atoms with van der Waals surface area (Å²) in [6.45, 7) is 1.58. The minimum absolute atomic E-state index is 0.0550. The number of amides is 1. The SMILES string of the molecule is O=C(NCC1CC1)C1CCc2nc(-c3ccccc3)nc(OCC3CC3)c2CC1. The van der Waals surface area contributed by atoms with Gasteiger partial charge in [0.25, 0.3) is 0 Å². The molecule has 5 rings (SSSR count). The van der Waals surface area contributed by atoms with E-state index < -0.39 is 0 Å². The standard InChI is InChI=1S/C24H29N3O2/c28-23(25-14-16-6-7-16)19-10-12-20-21(13-11-19)26-22(18-4-2-1-3-5-18)27-24(20)29-15-17-8-9-17/h1-5,16-17,19H,6-15H2,(H,25,28). The third kappa shape index (κ3) is 4.60. The van der Waals surface area contributed by atoms with Gasteiger partial charge in [-0.1, -0.05) is 30.3 Å². The lowest BCUT2D eigenvalue weighted by atomic mass is 9.99. The fraction of sp³-hybridized carbons (Fsp3) is 0.542. The van der Waals surface area contributed by atoms with E-state index in [2.05, 4.69) is 5.32 Å². The number of carbonyl (C=O) groups is 1. The first-order valence-electron chi connectivity index (χ1n) is 11.1. The van der Waals surface area contributed by atoms with Crippen molar-refractivity contribution >= 4 is 5.91 Å². The summed E-state index contributed by atoms with van der Waals surface area (Å²) in [7, 11) is 0. The molecule has 1 N–H and O–H groups in total. The summed E-state index contributed by atoms with van der Waals surface area (Å²) in [5.74, 6) is 3.11. The average Bonchev–Trinajstić information content (AvgIpc) is 3.65. The van der Waals surface area contributed by atoms with E-state index in [1.807, 2.05) is 30.3 Å². The number of aryl methyl sites for hydroxylation is 1. The van der Waals surface area contributed by atoms with Crippen LogP contribution in [0.15, 0.2) is 30.3 Å². The van der Waals surface area contributed by atoms with Crippen molar-refractivity contribution in [3.63, 3.8) is 0 Å². The zero-order valence-corrected chi connectivity index (χ0v) is 16.9. The highest BCUT2D eigenvalue weighted by atomic mass is 16.5. The maximum Gasteiger partial charge on any atom is 0.223 e. The maximum atomic E-state index is 12.7. The molecule has 152 valence electrons. The summed E-state index contributed by atoms with van der Waals surface area (Å²) in [4.78, 5) is 22.4. The van der Waals surface area contributed by atoms with E-state index in [-0.39, 0.29) is 11.8 Å². The molecule has 0 saturated heterocycles. The van der Waals surface area contributed by atoms with Crippen molar-refractivity contribution in [3.8, 4) is 17.3 Å². The quantitative estimate of drug-likeness (QED) is 0.726. The smallest absolute Gasteiger partial charge is 0.223 e. The molecule has 1 aromatic carbocycles. The summed E-state index contributed by atoms with van der Waals surface area (Å²) < 4.78 is 6.18. The van der Waals surface area contributed by atoms with Crippen LogP contribution < -0.4 is 10.1 Å². The number of hydrogen-bond acceptors (Lipinski definition) is 4. The molecule has 1 amide bonds. The molecular formula is C24H29N3O2. The van der Waals surface area contributed by atoms with Gasteiger partial charge in [-0.25, -0.2) is 4.98 Å². The van der Waals surface area contributed by atoms with E-state index >= 15 is 0 Å². The number of aromatic nitrogens is 2. The van der Waals surface area contributed by atoms with E-state index in [9.17, 15) is 4.79 Å². The average molecular weight is 392 g/mol. The van der Waals surface area contributed by atoms with Gasteiger partial charge in [-0.3, -0.25) is 4.79 Å². The van der Waals surface area contributed by atoms with Crippen molar-refractivity contribution in [2.75, 3.05) is 13.2 Å². The molecule has 1 heterocycles. The van der Waals surface area contributed by atoms with Crippen LogP contribution in [-0.4, -0.2) is 29.0 Å². The van der Waals surface area contributed by atoms with Gasteiger partial charge in [-0.05, 0) is 63.2 Å². The molecule has 1 unspecified atom stereocenters. The highest BCUT2D eigenvalue weighted by molar-refractivity contribution is 5.78. The maximum absolute atomic E-state index is 12.7. The Kier molecular flexibility index (Phi) is 5.21. The number of nitrogens with one attached hydrogen (secondary N) is 1. The highest BCUT2D eigenvalue weighted by Gasteiger charge is 2.29. The fourth-order valence-corrected chi connectivity index (χ4v) is 4.03. The number of ether oxygens (including phenoxy) is 1. The Balaban J connectivity index is 1.37. The van der Waals surface area contributed by atoms with Crippen LogP contribution >= 0.6 is 0 Å². The molecule has 0 bridgehead atoms. The fourth-order valence-electron chi connectivity index (χ4n) is 4.03. The van der Waals surface area contributed by atoms with Crippen LogP contribution in [0.25, 0.3) is 11.4 Å². The molecule has 2 fully saturated rings. The summed E-state index contributed by atoms with van der Waals surface area (Å²) >= 11 is 0. The zero-order valence-electron chi connectivity index (χ0n) is 16.9. The van der Waals surface area contributed by atoms with E-state index in [0.29, 0.717) is 11.8 Å². The second-order valence-corrected chi connectivity index (χ2v) is 8.86. The Bertz CT molecular complexity index is 875. The Labute approximate surface area is 172 Å². The van der Waals surface area contributed by atoms with Crippen LogP contribution in [-0.2, 0) is 17.6 Å². The van der Waals surface area contributed by atoms with Crippen molar-refractivity contribution in [1.29, 1.82) is 0 Å². The Morgan fingerprint density at radius 3 is 2.48 bits per heavy atom. The zero-order chi connectivity index (χ0) is 19.6. The van der Waals surface area contributed by atoms with Crippen molar-refractivity contribution in [2.45, 2.75) is 51.4 Å². The van der Waals surface area contributed by atoms with Crippen molar-refractivity contribution in [3.05, 3.63) is 41.6 Å². The third-order valence-corrected chi connectivity index (χ3v) is 6.34. The van der Waals surface area contributed by atoms with Gasteiger partial charge < -0.3 is 10.1 Å². The number of benzene rings is 1. The van der Waals surface area contributed by atoms with E-state index in [0.717, 1.165) is 67.4 Å². The molecule has 0 spiro atoms. The number of rotatable bonds is 7. The molecule has 5 heteroatoms. The van der Waals surface area contributed by atoms with Gasteiger partial charge in [0.1, 0.15) is 0 Å². The lowest BCUT2D eigenvalue weighted by molar-refractivity contribution is -0.125. The van der Waals surface area contributed by atoms with Gasteiger partial charge in [-0.2, -0.15) is 4.98 Å². The van der Waals surface area contributed by atoms with Gasteiger partial charge in [0, 0.05) is 23.6 Å². The largest absolute Gasteiger partial charge is 0.477 e. The topological polar surface area (TPSA) is 64.1 Å². The van der Waals surface area contributed by atoms with E-state index in [1.54, 1.807) is 0 Å². The van der Waals surface area contributed by atoms with E-state index in [4.69, 9.17) is 14.7 Å². The lowest BCUT2D eigenvalue weighted by Crippen LogP contribution is -2.32. The van der Waals surface area contributed by atoms with Crippen molar-refractivity contribution in [1.82, 2.24) is 15.3 Å². The summed E-state index contributed by atoms with van der Waals surface area (Å²) in [5, 5.41) is 3.16. The monoisotopic (exact) mass is 391 g/mol. The van der Waals surface area contributed by atoms with Gasteiger partial charge in [0.15, 0.2) is 5.82 Å². The number of hydrogen-bond donors (Lipinski definition) is 1. The first-order valence-corrected chi connectivity index (χ1v) is 11.1. The molecule has 1 atom stereocenters. The van der Waals surface area contributed by atoms with Crippen molar-refractivity contribution < 1.29 is 9.53 Å². The lowest BCUT2D eigenvalue weighted by Gasteiger charge is -2.14. The van der Waals surface area contributed by atoms with Crippen molar-refractivity contribution in [2.24, 2.45) is 17.8 Å². The second kappa shape index (κ2) is 8.13. The normalized spacial score (nSPS) is 21.2. The van der Waals surface area contributed by atoms with Gasteiger partial charge in [-0.15, -0.1) is 0 Å². The summed E-state index contributed by atoms with van der Waals surface area (Å²) in [6, 6.07) is 10.1. The minimum atomic E-state index is 0.0550. The Morgan fingerprint density at radius 1 is 0.966 bits per heavy atom. The molecule has 5 nitrogen and oxygen atoms in total. The minimum Gasteiger partial charge on any atom is -0.477 e. The molecule has 3 aliphatic rings. The van der Waals surface area contributed by atoms with Crippen LogP contribution in [0.1, 0.15) is 49.8 Å². The molecular weight excluding hydrogens is 362 g/mol. The highest BCUT2D eigenvalue weighted by Crippen LogP contribution is 2.34. The Morgan fingerprint density at radius 2 is 1.72 bits per heavy atom. The number of carbonyl (C=O) groups excluding carboxylic acids is 1. The number of fused-ring (bicyclic) bond motifs is 1. The first kappa shape index (κ1) is 18.6. The van der Waals surface area contributed by atoms with Gasteiger partial charge in [0.05, 0.1) is 12.3 Å². The molecule has 3 aliphatic carbocycles. The third-order valence-electron chi connectivity index (χ3n) is 6.34. The van der Waals surface area contributed by atoms with Crippen LogP contribution in [0.4, 0.5) is 0 Å². The van der Waals surface area contributed by atoms with E-state index in [1.165, 1.54) is 25.7 Å². The molecule has 0 radical (unpaired) electrons. The van der Waals surface area contributed by atoms with Crippen LogP contribution in [0.5, 0.6) is 5.88 Å². The molecule has 2 saturated carbocycles. The molecule has 29 heavy (non-hydrogen) atoms. The van der Waals surface area contributed by atoms with Crippen LogP contribution in [0.3, 0.4) is 0 Å². The van der Waals surface area contributed by atoms with Gasteiger partial charge >= 0.3 is 0 Å². The predicted molar refractivity (Wildman–Crippen MR) is 112 cm³/mol. The molecule has 0 aliphatic heterocycles. The second-order valence-electron chi connectivity index (χ2n) is 8.86. The first-order chi connectivity index (χ1) is 14.3. The van der Waals surface area contributed by atoms with Crippen LogP contribution in [0.2, 0.25) is 0 Å². The predicted octanol–water partition coefficient (Wildman–Crippen LogP) is 3.95.